The number of para-hydroxylation sites is 1. The van der Waals surface area contributed by atoms with Gasteiger partial charge in [-0.2, -0.15) is 0 Å². The van der Waals surface area contributed by atoms with E-state index in [-0.39, 0.29) is 5.91 Å². The molecule has 0 radical (unpaired) electrons. The van der Waals surface area contributed by atoms with E-state index in [0.717, 1.165) is 48.3 Å². The van der Waals surface area contributed by atoms with E-state index in [9.17, 15) is 4.79 Å². The van der Waals surface area contributed by atoms with Gasteiger partial charge in [-0.05, 0) is 29.3 Å². The second kappa shape index (κ2) is 7.62. The van der Waals surface area contributed by atoms with Gasteiger partial charge in [0.05, 0.1) is 19.6 Å². The van der Waals surface area contributed by atoms with Gasteiger partial charge in [-0.15, -0.1) is 0 Å². The third-order valence-electron chi connectivity index (χ3n) is 4.83. The molecule has 5 nitrogen and oxygen atoms in total. The molecule has 1 aliphatic rings. The van der Waals surface area contributed by atoms with Crippen molar-refractivity contribution in [2.24, 2.45) is 0 Å². The maximum absolute atomic E-state index is 12.3. The molecule has 1 saturated heterocycles. The number of aromatic nitrogens is 1. The maximum atomic E-state index is 12.3. The second-order valence-corrected chi connectivity index (χ2v) is 6.58. The van der Waals surface area contributed by atoms with Gasteiger partial charge in [-0.1, -0.05) is 30.3 Å². The molecule has 5 heteroatoms. The Hall–Kier alpha value is -2.79. The van der Waals surface area contributed by atoms with Crippen molar-refractivity contribution in [2.45, 2.75) is 13.0 Å². The number of carbonyl (C=O) groups excluding carboxylic acids is 1. The Bertz CT molecular complexity index is 880. The quantitative estimate of drug-likeness (QED) is 0.745. The van der Waals surface area contributed by atoms with Crippen molar-refractivity contribution in [1.82, 2.24) is 10.3 Å². The van der Waals surface area contributed by atoms with Crippen LogP contribution in [-0.2, 0) is 22.5 Å². The predicted molar refractivity (Wildman–Crippen MR) is 103 cm³/mol. The number of morpholine rings is 1. The first-order chi connectivity index (χ1) is 12.8. The van der Waals surface area contributed by atoms with E-state index in [1.165, 1.54) is 5.69 Å². The third-order valence-corrected chi connectivity index (χ3v) is 4.83. The number of aromatic amines is 1. The fraction of sp³-hybridized carbons (Fsp3) is 0.286. The van der Waals surface area contributed by atoms with Crippen LogP contribution in [0.15, 0.2) is 54.7 Å². The van der Waals surface area contributed by atoms with Crippen LogP contribution in [0.25, 0.3) is 10.9 Å². The molecule has 0 unspecified atom stereocenters. The summed E-state index contributed by atoms with van der Waals surface area (Å²) in [5, 5.41) is 4.12. The Labute approximate surface area is 153 Å². The van der Waals surface area contributed by atoms with Crippen LogP contribution in [0, 0.1) is 0 Å². The molecule has 1 fully saturated rings. The maximum Gasteiger partial charge on any atom is 0.224 e. The lowest BCUT2D eigenvalue weighted by atomic mass is 10.1. The topological polar surface area (TPSA) is 57.4 Å². The molecule has 3 aromatic rings. The first-order valence-corrected chi connectivity index (χ1v) is 9.03. The Balaban J connectivity index is 1.32. The SMILES string of the molecule is O=C(Cc1c[nH]c2ccccc12)NCc1ccc(N2CCOCC2)cc1. The summed E-state index contributed by atoms with van der Waals surface area (Å²) in [5.41, 5.74) is 4.41. The van der Waals surface area contributed by atoms with Gasteiger partial charge < -0.3 is 19.9 Å². The van der Waals surface area contributed by atoms with Gasteiger partial charge >= 0.3 is 0 Å². The number of rotatable bonds is 5. The number of nitrogens with zero attached hydrogens (tertiary/aromatic N) is 1. The zero-order chi connectivity index (χ0) is 17.8. The van der Waals surface area contributed by atoms with Crippen LogP contribution < -0.4 is 10.2 Å². The number of hydrogen-bond acceptors (Lipinski definition) is 3. The third kappa shape index (κ3) is 3.73. The lowest BCUT2D eigenvalue weighted by Crippen LogP contribution is -2.36. The minimum atomic E-state index is 0.0343. The molecule has 26 heavy (non-hydrogen) atoms. The minimum Gasteiger partial charge on any atom is -0.378 e. The zero-order valence-electron chi connectivity index (χ0n) is 14.7. The number of fused-ring (bicyclic) bond motifs is 1. The molecular formula is C21H23N3O2. The molecule has 0 aliphatic carbocycles. The number of carbonyl (C=O) groups is 1. The smallest absolute Gasteiger partial charge is 0.224 e. The highest BCUT2D eigenvalue weighted by Crippen LogP contribution is 2.19. The van der Waals surface area contributed by atoms with Gasteiger partial charge in [-0.3, -0.25) is 4.79 Å². The van der Waals surface area contributed by atoms with E-state index in [1.807, 2.05) is 30.5 Å². The molecule has 0 spiro atoms. The summed E-state index contributed by atoms with van der Waals surface area (Å²) < 4.78 is 5.39. The summed E-state index contributed by atoms with van der Waals surface area (Å²) in [6.45, 7) is 3.98. The first-order valence-electron chi connectivity index (χ1n) is 9.03. The van der Waals surface area contributed by atoms with Crippen molar-refractivity contribution in [3.63, 3.8) is 0 Å². The Morgan fingerprint density at radius 1 is 1.08 bits per heavy atom. The predicted octanol–water partition coefficient (Wildman–Crippen LogP) is 2.86. The standard InChI is InChI=1S/C21H23N3O2/c25-21(13-17-15-22-20-4-2-1-3-19(17)20)23-14-16-5-7-18(8-6-16)24-9-11-26-12-10-24/h1-8,15,22H,9-14H2,(H,23,25). The molecule has 1 aromatic heterocycles. The highest BCUT2D eigenvalue weighted by Gasteiger charge is 2.11. The number of benzene rings is 2. The molecule has 0 bridgehead atoms. The zero-order valence-corrected chi connectivity index (χ0v) is 14.7. The number of ether oxygens (including phenoxy) is 1. The number of amides is 1. The normalized spacial score (nSPS) is 14.5. The van der Waals surface area contributed by atoms with Crippen LogP contribution in [-0.4, -0.2) is 37.2 Å². The lowest BCUT2D eigenvalue weighted by Gasteiger charge is -2.28. The van der Waals surface area contributed by atoms with Crippen molar-refractivity contribution in [2.75, 3.05) is 31.2 Å². The van der Waals surface area contributed by atoms with Crippen LogP contribution in [0.4, 0.5) is 5.69 Å². The van der Waals surface area contributed by atoms with Crippen molar-refractivity contribution in [3.05, 3.63) is 65.9 Å². The molecule has 1 aliphatic heterocycles. The van der Waals surface area contributed by atoms with E-state index >= 15 is 0 Å². The fourth-order valence-corrected chi connectivity index (χ4v) is 3.36. The minimum absolute atomic E-state index is 0.0343. The number of hydrogen-bond donors (Lipinski definition) is 2. The highest BCUT2D eigenvalue weighted by atomic mass is 16.5. The van der Waals surface area contributed by atoms with Crippen LogP contribution >= 0.6 is 0 Å². The molecule has 1 amide bonds. The molecule has 0 atom stereocenters. The van der Waals surface area contributed by atoms with Crippen LogP contribution in [0.5, 0.6) is 0 Å². The van der Waals surface area contributed by atoms with Crippen molar-refractivity contribution < 1.29 is 9.53 Å². The van der Waals surface area contributed by atoms with Gasteiger partial charge in [0, 0.05) is 42.4 Å². The van der Waals surface area contributed by atoms with E-state index in [2.05, 4.69) is 39.5 Å². The Kier molecular flexibility index (Phi) is 4.88. The largest absolute Gasteiger partial charge is 0.378 e. The fourth-order valence-electron chi connectivity index (χ4n) is 3.36. The van der Waals surface area contributed by atoms with Gasteiger partial charge in [0.2, 0.25) is 5.91 Å². The van der Waals surface area contributed by atoms with Gasteiger partial charge in [-0.25, -0.2) is 0 Å². The number of anilines is 1. The van der Waals surface area contributed by atoms with Crippen LogP contribution in [0.3, 0.4) is 0 Å². The summed E-state index contributed by atoms with van der Waals surface area (Å²) >= 11 is 0. The Morgan fingerprint density at radius 3 is 2.65 bits per heavy atom. The van der Waals surface area contributed by atoms with E-state index in [0.29, 0.717) is 13.0 Å². The summed E-state index contributed by atoms with van der Waals surface area (Å²) in [4.78, 5) is 17.8. The molecular weight excluding hydrogens is 326 g/mol. The van der Waals surface area contributed by atoms with Gasteiger partial charge in [0.1, 0.15) is 0 Å². The average Bonchev–Trinajstić information content (AvgIpc) is 3.10. The second-order valence-electron chi connectivity index (χ2n) is 6.58. The van der Waals surface area contributed by atoms with E-state index < -0.39 is 0 Å². The summed E-state index contributed by atoms with van der Waals surface area (Å²) in [7, 11) is 0. The molecule has 2 heterocycles. The lowest BCUT2D eigenvalue weighted by molar-refractivity contribution is -0.120. The summed E-state index contributed by atoms with van der Waals surface area (Å²) in [6, 6.07) is 16.4. The van der Waals surface area contributed by atoms with Crippen molar-refractivity contribution in [3.8, 4) is 0 Å². The molecule has 2 N–H and O–H groups in total. The van der Waals surface area contributed by atoms with E-state index in [1.54, 1.807) is 0 Å². The number of H-pyrrole nitrogens is 1. The van der Waals surface area contributed by atoms with Crippen molar-refractivity contribution in [1.29, 1.82) is 0 Å². The van der Waals surface area contributed by atoms with Crippen molar-refractivity contribution >= 4 is 22.5 Å². The highest BCUT2D eigenvalue weighted by molar-refractivity contribution is 5.88. The summed E-state index contributed by atoms with van der Waals surface area (Å²) in [6.07, 6.45) is 2.30. The average molecular weight is 349 g/mol. The molecule has 4 rings (SSSR count). The van der Waals surface area contributed by atoms with Crippen LogP contribution in [0.2, 0.25) is 0 Å². The Morgan fingerprint density at radius 2 is 1.85 bits per heavy atom. The van der Waals surface area contributed by atoms with Gasteiger partial charge in [0.25, 0.3) is 0 Å². The monoisotopic (exact) mass is 349 g/mol. The van der Waals surface area contributed by atoms with Gasteiger partial charge in [0.15, 0.2) is 0 Å². The molecule has 0 saturated carbocycles. The van der Waals surface area contributed by atoms with Crippen LogP contribution in [0.1, 0.15) is 11.1 Å². The number of nitrogens with one attached hydrogen (secondary N) is 2. The summed E-state index contributed by atoms with van der Waals surface area (Å²) in [5.74, 6) is 0.0343. The van der Waals surface area contributed by atoms with E-state index in [4.69, 9.17) is 4.74 Å². The molecule has 2 aromatic carbocycles. The first kappa shape index (κ1) is 16.7. The molecule has 134 valence electrons.